The highest BCUT2D eigenvalue weighted by Gasteiger charge is 2.36. The summed E-state index contributed by atoms with van der Waals surface area (Å²) in [7, 11) is 0. The van der Waals surface area contributed by atoms with Crippen molar-refractivity contribution in [1.82, 2.24) is 15.3 Å². The van der Waals surface area contributed by atoms with Crippen LogP contribution in [0.2, 0.25) is 0 Å². The number of halogens is 3. The van der Waals surface area contributed by atoms with Crippen LogP contribution in [-0.2, 0) is 4.79 Å². The van der Waals surface area contributed by atoms with Gasteiger partial charge in [0.1, 0.15) is 12.4 Å². The molecule has 2 aromatic rings. The first-order valence-electron chi connectivity index (χ1n) is 9.10. The molecular formula is C20H23F3N4O3. The Balaban J connectivity index is 2.05. The van der Waals surface area contributed by atoms with Crippen molar-refractivity contribution in [2.24, 2.45) is 0 Å². The molecule has 2 rings (SSSR count). The quantitative estimate of drug-likeness (QED) is 0.675. The van der Waals surface area contributed by atoms with Crippen molar-refractivity contribution in [1.29, 1.82) is 0 Å². The third kappa shape index (κ3) is 6.16. The molecule has 0 aromatic carbocycles. The van der Waals surface area contributed by atoms with E-state index in [0.717, 1.165) is 6.92 Å². The number of hydrogen-bond acceptors (Lipinski definition) is 5. The summed E-state index contributed by atoms with van der Waals surface area (Å²) in [5.41, 5.74) is -1.33. The van der Waals surface area contributed by atoms with Crippen LogP contribution >= 0.6 is 0 Å². The number of rotatable bonds is 8. The van der Waals surface area contributed by atoms with Gasteiger partial charge in [0.2, 0.25) is 17.5 Å². The highest BCUT2D eigenvalue weighted by Crippen LogP contribution is 2.24. The van der Waals surface area contributed by atoms with Crippen molar-refractivity contribution in [2.45, 2.75) is 45.8 Å². The maximum atomic E-state index is 13.7. The third-order valence-electron chi connectivity index (χ3n) is 4.17. The monoisotopic (exact) mass is 424 g/mol. The van der Waals surface area contributed by atoms with Crippen LogP contribution in [0.1, 0.15) is 48.3 Å². The SMILES string of the molecule is CC(=O)Nc1cc(C(=O)NC(C)c2cnc(OCC(C)(F)C(F)F)c(C)c2)ccn1. The van der Waals surface area contributed by atoms with Gasteiger partial charge in [-0.3, -0.25) is 9.59 Å². The van der Waals surface area contributed by atoms with Crippen molar-refractivity contribution in [2.75, 3.05) is 11.9 Å². The Labute approximate surface area is 172 Å². The van der Waals surface area contributed by atoms with E-state index in [2.05, 4.69) is 20.6 Å². The molecule has 0 fully saturated rings. The normalized spacial score (nSPS) is 14.0. The summed E-state index contributed by atoms with van der Waals surface area (Å²) in [4.78, 5) is 31.6. The van der Waals surface area contributed by atoms with E-state index in [9.17, 15) is 22.8 Å². The Morgan fingerprint density at radius 1 is 1.27 bits per heavy atom. The molecule has 0 saturated heterocycles. The van der Waals surface area contributed by atoms with E-state index in [-0.39, 0.29) is 23.5 Å². The molecule has 2 unspecified atom stereocenters. The highest BCUT2D eigenvalue weighted by molar-refractivity contribution is 5.96. The van der Waals surface area contributed by atoms with Gasteiger partial charge in [0, 0.05) is 30.4 Å². The summed E-state index contributed by atoms with van der Waals surface area (Å²) >= 11 is 0. The first-order valence-corrected chi connectivity index (χ1v) is 9.10. The highest BCUT2D eigenvalue weighted by atomic mass is 19.3. The molecule has 10 heteroatoms. The van der Waals surface area contributed by atoms with Gasteiger partial charge in [-0.2, -0.15) is 0 Å². The zero-order valence-electron chi connectivity index (χ0n) is 17.0. The van der Waals surface area contributed by atoms with Gasteiger partial charge in [-0.05, 0) is 44.5 Å². The minimum absolute atomic E-state index is 0.0379. The molecule has 30 heavy (non-hydrogen) atoms. The summed E-state index contributed by atoms with van der Waals surface area (Å²) in [6, 6.07) is 4.18. The fraction of sp³-hybridized carbons (Fsp3) is 0.400. The van der Waals surface area contributed by atoms with Crippen molar-refractivity contribution in [3.8, 4) is 5.88 Å². The van der Waals surface area contributed by atoms with Crippen LogP contribution < -0.4 is 15.4 Å². The average Bonchev–Trinajstić information content (AvgIpc) is 2.66. The molecule has 162 valence electrons. The largest absolute Gasteiger partial charge is 0.474 e. The Hall–Kier alpha value is -3.17. The lowest BCUT2D eigenvalue weighted by Crippen LogP contribution is -2.35. The summed E-state index contributed by atoms with van der Waals surface area (Å²) in [6.45, 7) is 4.64. The molecule has 0 aliphatic heterocycles. The second kappa shape index (κ2) is 9.55. The standard InChI is InChI=1S/C20H23F3N4O3/c1-11-7-15(9-25-18(11)30-10-20(4,23)19(21)22)12(2)26-17(29)14-5-6-24-16(8-14)27-13(3)28/h5-9,12,19H,10H2,1-4H3,(H,26,29)(H,24,27,28). The molecule has 2 atom stereocenters. The van der Waals surface area contributed by atoms with Crippen LogP contribution in [0.15, 0.2) is 30.6 Å². The zero-order chi connectivity index (χ0) is 22.5. The van der Waals surface area contributed by atoms with Gasteiger partial charge in [0.05, 0.1) is 6.04 Å². The number of nitrogens with one attached hydrogen (secondary N) is 2. The van der Waals surface area contributed by atoms with Crippen LogP contribution in [0.4, 0.5) is 19.0 Å². The number of alkyl halides is 3. The van der Waals surface area contributed by atoms with Gasteiger partial charge >= 0.3 is 0 Å². The molecule has 0 bridgehead atoms. The maximum absolute atomic E-state index is 13.7. The van der Waals surface area contributed by atoms with Crippen molar-refractivity contribution in [3.63, 3.8) is 0 Å². The van der Waals surface area contributed by atoms with Gasteiger partial charge in [-0.25, -0.2) is 23.1 Å². The summed E-state index contributed by atoms with van der Waals surface area (Å²) in [5.74, 6) is -0.403. The van der Waals surface area contributed by atoms with Crippen LogP contribution in [0.3, 0.4) is 0 Å². The van der Waals surface area contributed by atoms with Crippen molar-refractivity contribution < 1.29 is 27.5 Å². The predicted octanol–water partition coefficient (Wildman–Crippen LogP) is 3.61. The van der Waals surface area contributed by atoms with E-state index < -0.39 is 24.7 Å². The number of carbonyl (C=O) groups is 2. The molecule has 0 aliphatic rings. The lowest BCUT2D eigenvalue weighted by molar-refractivity contribution is -0.114. The fourth-order valence-electron chi connectivity index (χ4n) is 2.43. The van der Waals surface area contributed by atoms with Crippen LogP contribution in [0, 0.1) is 6.92 Å². The Morgan fingerprint density at radius 2 is 1.97 bits per heavy atom. The van der Waals surface area contributed by atoms with Gasteiger partial charge < -0.3 is 15.4 Å². The van der Waals surface area contributed by atoms with E-state index in [0.29, 0.717) is 16.7 Å². The van der Waals surface area contributed by atoms with Gasteiger partial charge in [-0.1, -0.05) is 0 Å². The number of hydrogen-bond donors (Lipinski definition) is 2. The minimum Gasteiger partial charge on any atom is -0.474 e. The summed E-state index contributed by atoms with van der Waals surface area (Å²) in [5, 5.41) is 5.29. The van der Waals surface area contributed by atoms with Gasteiger partial charge in [0.15, 0.2) is 0 Å². The van der Waals surface area contributed by atoms with Crippen LogP contribution in [-0.4, -0.2) is 40.5 Å². The average molecular weight is 424 g/mol. The number of carbonyl (C=O) groups excluding carboxylic acids is 2. The smallest absolute Gasteiger partial charge is 0.275 e. The Kier molecular flexibility index (Phi) is 7.36. The van der Waals surface area contributed by atoms with Crippen molar-refractivity contribution in [3.05, 3.63) is 47.3 Å². The molecule has 2 heterocycles. The second-order valence-electron chi connectivity index (χ2n) is 7.06. The van der Waals surface area contributed by atoms with E-state index in [1.165, 1.54) is 31.5 Å². The number of aromatic nitrogens is 2. The number of amides is 2. The Bertz CT molecular complexity index is 922. The number of anilines is 1. The first kappa shape index (κ1) is 23.1. The van der Waals surface area contributed by atoms with Crippen molar-refractivity contribution >= 4 is 17.6 Å². The van der Waals surface area contributed by atoms with E-state index in [1.54, 1.807) is 19.9 Å². The van der Waals surface area contributed by atoms with E-state index >= 15 is 0 Å². The van der Waals surface area contributed by atoms with E-state index in [4.69, 9.17) is 4.74 Å². The molecule has 0 radical (unpaired) electrons. The summed E-state index contributed by atoms with van der Waals surface area (Å²) < 4.78 is 43.9. The topological polar surface area (TPSA) is 93.2 Å². The first-order chi connectivity index (χ1) is 14.0. The zero-order valence-corrected chi connectivity index (χ0v) is 17.0. The predicted molar refractivity (Wildman–Crippen MR) is 104 cm³/mol. The molecule has 2 amide bonds. The Morgan fingerprint density at radius 3 is 2.57 bits per heavy atom. The minimum atomic E-state index is -3.17. The number of aryl methyl sites for hydroxylation is 1. The third-order valence-corrected chi connectivity index (χ3v) is 4.17. The van der Waals surface area contributed by atoms with Gasteiger partial charge in [-0.15, -0.1) is 0 Å². The molecule has 0 spiro atoms. The molecule has 2 aromatic heterocycles. The lowest BCUT2D eigenvalue weighted by Gasteiger charge is -2.20. The molecule has 2 N–H and O–H groups in total. The molecule has 7 nitrogen and oxygen atoms in total. The lowest BCUT2D eigenvalue weighted by atomic mass is 10.1. The van der Waals surface area contributed by atoms with E-state index in [1.807, 2.05) is 0 Å². The van der Waals surface area contributed by atoms with Gasteiger partial charge in [0.25, 0.3) is 12.3 Å². The number of ether oxygens (including phenoxy) is 1. The molecule has 0 aliphatic carbocycles. The van der Waals surface area contributed by atoms with Crippen LogP contribution in [0.25, 0.3) is 0 Å². The molecule has 0 saturated carbocycles. The van der Waals surface area contributed by atoms with Crippen LogP contribution in [0.5, 0.6) is 5.88 Å². The number of nitrogens with zero attached hydrogens (tertiary/aromatic N) is 2. The second-order valence-corrected chi connectivity index (χ2v) is 7.06. The maximum Gasteiger partial charge on any atom is 0.275 e. The molecular weight excluding hydrogens is 401 g/mol. The summed E-state index contributed by atoms with van der Waals surface area (Å²) in [6.07, 6.45) is -0.354. The fourth-order valence-corrected chi connectivity index (χ4v) is 2.43. The number of pyridine rings is 2.